The Labute approximate surface area is 164 Å². The van der Waals surface area contributed by atoms with Crippen LogP contribution in [0.25, 0.3) is 22.2 Å². The molecule has 7 heteroatoms. The van der Waals surface area contributed by atoms with Crippen LogP contribution in [0.5, 0.6) is 0 Å². The van der Waals surface area contributed by atoms with Crippen molar-refractivity contribution in [1.29, 1.82) is 0 Å². The molecule has 0 bridgehead atoms. The molecular weight excluding hydrogens is 352 g/mol. The number of aromatic nitrogens is 4. The second-order valence-electron chi connectivity index (χ2n) is 7.52. The summed E-state index contributed by atoms with van der Waals surface area (Å²) in [5, 5.41) is 3.82. The maximum Gasteiger partial charge on any atom is 0.229 e. The van der Waals surface area contributed by atoms with Crippen molar-refractivity contribution in [3.05, 3.63) is 43.0 Å². The van der Waals surface area contributed by atoms with Gasteiger partial charge in [-0.15, -0.1) is 0 Å². The monoisotopic (exact) mass is 376 g/mol. The Bertz CT molecular complexity index is 967. The van der Waals surface area contributed by atoms with E-state index in [0.29, 0.717) is 12.0 Å². The van der Waals surface area contributed by atoms with Gasteiger partial charge in [-0.3, -0.25) is 20.1 Å². The zero-order valence-electron chi connectivity index (χ0n) is 16.2. The van der Waals surface area contributed by atoms with Crippen molar-refractivity contribution in [2.24, 2.45) is 5.92 Å². The first kappa shape index (κ1) is 18.4. The van der Waals surface area contributed by atoms with Gasteiger partial charge >= 0.3 is 0 Å². The average molecular weight is 376 g/mol. The van der Waals surface area contributed by atoms with E-state index in [1.54, 1.807) is 24.8 Å². The molecule has 7 nitrogen and oxygen atoms in total. The van der Waals surface area contributed by atoms with E-state index in [0.717, 1.165) is 47.8 Å². The first-order chi connectivity index (χ1) is 13.6. The number of nitrogens with one attached hydrogen (secondary N) is 1. The quantitative estimate of drug-likeness (QED) is 0.753. The normalized spacial score (nSPS) is 19.7. The summed E-state index contributed by atoms with van der Waals surface area (Å²) in [6.45, 7) is 0. The van der Waals surface area contributed by atoms with Gasteiger partial charge in [-0.25, -0.2) is 9.97 Å². The average Bonchev–Trinajstić information content (AvgIpc) is 2.74. The molecule has 0 saturated heterocycles. The number of carbonyl (C=O) groups is 1. The molecule has 0 radical (unpaired) electrons. The number of hydrogen-bond acceptors (Lipinski definition) is 6. The molecule has 3 aromatic rings. The van der Waals surface area contributed by atoms with Crippen LogP contribution >= 0.6 is 0 Å². The highest BCUT2D eigenvalue weighted by molar-refractivity contribution is 5.92. The van der Waals surface area contributed by atoms with Gasteiger partial charge in [0.05, 0.1) is 17.4 Å². The lowest BCUT2D eigenvalue weighted by atomic mass is 9.85. The molecule has 1 aliphatic carbocycles. The molecule has 1 aliphatic rings. The lowest BCUT2D eigenvalue weighted by Crippen LogP contribution is -2.35. The first-order valence-corrected chi connectivity index (χ1v) is 9.60. The van der Waals surface area contributed by atoms with Gasteiger partial charge in [-0.1, -0.05) is 12.1 Å². The molecule has 0 aliphatic heterocycles. The summed E-state index contributed by atoms with van der Waals surface area (Å²) >= 11 is 0. The van der Waals surface area contributed by atoms with Crippen LogP contribution in [0.4, 0.5) is 5.95 Å². The Hall–Kier alpha value is -2.93. The highest BCUT2D eigenvalue weighted by atomic mass is 16.2. The highest BCUT2D eigenvalue weighted by Crippen LogP contribution is 2.27. The van der Waals surface area contributed by atoms with Crippen molar-refractivity contribution < 1.29 is 4.79 Å². The zero-order chi connectivity index (χ0) is 19.5. The number of amides is 1. The summed E-state index contributed by atoms with van der Waals surface area (Å²) in [6, 6.07) is 6.43. The third kappa shape index (κ3) is 3.99. The Morgan fingerprint density at radius 2 is 1.89 bits per heavy atom. The van der Waals surface area contributed by atoms with Crippen LogP contribution in [0.2, 0.25) is 0 Å². The van der Waals surface area contributed by atoms with Crippen LogP contribution in [-0.2, 0) is 4.79 Å². The third-order valence-corrected chi connectivity index (χ3v) is 5.47. The van der Waals surface area contributed by atoms with Crippen molar-refractivity contribution >= 4 is 22.8 Å². The van der Waals surface area contributed by atoms with Crippen LogP contribution in [0.3, 0.4) is 0 Å². The van der Waals surface area contributed by atoms with Gasteiger partial charge in [0.15, 0.2) is 0 Å². The van der Waals surface area contributed by atoms with Crippen LogP contribution < -0.4 is 5.32 Å². The predicted molar refractivity (Wildman–Crippen MR) is 109 cm³/mol. The summed E-state index contributed by atoms with van der Waals surface area (Å²) in [4.78, 5) is 32.2. The molecule has 1 saturated carbocycles. The molecule has 0 spiro atoms. The summed E-state index contributed by atoms with van der Waals surface area (Å²) in [7, 11) is 4.20. The molecule has 4 rings (SSSR count). The highest BCUT2D eigenvalue weighted by Gasteiger charge is 2.27. The van der Waals surface area contributed by atoms with Crippen molar-refractivity contribution in [2.45, 2.75) is 31.7 Å². The lowest BCUT2D eigenvalue weighted by molar-refractivity contribution is -0.121. The van der Waals surface area contributed by atoms with Gasteiger partial charge < -0.3 is 4.90 Å². The number of anilines is 1. The number of nitrogens with zero attached hydrogens (tertiary/aromatic N) is 5. The van der Waals surface area contributed by atoms with Crippen molar-refractivity contribution in [3.63, 3.8) is 0 Å². The van der Waals surface area contributed by atoms with E-state index in [-0.39, 0.29) is 11.8 Å². The van der Waals surface area contributed by atoms with Gasteiger partial charge in [0, 0.05) is 41.5 Å². The van der Waals surface area contributed by atoms with Crippen LogP contribution in [0.1, 0.15) is 25.7 Å². The molecule has 2 aromatic heterocycles. The number of benzene rings is 1. The van der Waals surface area contributed by atoms with Crippen LogP contribution in [0, 0.1) is 5.92 Å². The van der Waals surface area contributed by atoms with E-state index in [1.165, 1.54) is 0 Å². The summed E-state index contributed by atoms with van der Waals surface area (Å²) in [6.07, 6.45) is 10.7. The Morgan fingerprint density at radius 1 is 1.07 bits per heavy atom. The molecule has 28 heavy (non-hydrogen) atoms. The van der Waals surface area contributed by atoms with Crippen molar-refractivity contribution in [2.75, 3.05) is 19.4 Å². The molecule has 1 amide bonds. The standard InChI is InChI=1S/C21H24N6O/c1-27(2)17-7-5-14(6-8-17)20(28)26-21-24-12-16-4-3-15(11-18(16)25-21)19-13-22-9-10-23-19/h3-4,9-14,17H,5-8H2,1-2H3,(H,24,25,26,28). The number of carbonyl (C=O) groups excluding carboxylic acids is 1. The fourth-order valence-electron chi connectivity index (χ4n) is 3.76. The van der Waals surface area contributed by atoms with E-state index in [2.05, 4.69) is 44.2 Å². The van der Waals surface area contributed by atoms with Gasteiger partial charge in [0.1, 0.15) is 0 Å². The largest absolute Gasteiger partial charge is 0.306 e. The molecule has 2 heterocycles. The Morgan fingerprint density at radius 3 is 2.61 bits per heavy atom. The fourth-order valence-corrected chi connectivity index (χ4v) is 3.76. The molecule has 1 aromatic carbocycles. The smallest absolute Gasteiger partial charge is 0.229 e. The lowest BCUT2D eigenvalue weighted by Gasteiger charge is -2.31. The molecular formula is C21H24N6O. The van der Waals surface area contributed by atoms with Crippen LogP contribution in [-0.4, -0.2) is 50.9 Å². The van der Waals surface area contributed by atoms with E-state index < -0.39 is 0 Å². The van der Waals surface area contributed by atoms with Gasteiger partial charge in [0.25, 0.3) is 0 Å². The minimum Gasteiger partial charge on any atom is -0.306 e. The van der Waals surface area contributed by atoms with E-state index in [4.69, 9.17) is 0 Å². The van der Waals surface area contributed by atoms with E-state index in [9.17, 15) is 4.79 Å². The van der Waals surface area contributed by atoms with E-state index in [1.807, 2.05) is 18.2 Å². The Balaban J connectivity index is 1.49. The minimum absolute atomic E-state index is 0.0154. The Kier molecular flexibility index (Phi) is 5.25. The van der Waals surface area contributed by atoms with Crippen molar-refractivity contribution in [1.82, 2.24) is 24.8 Å². The number of rotatable bonds is 4. The SMILES string of the molecule is CN(C)C1CCC(C(=O)Nc2ncc3ccc(-c4cnccn4)cc3n2)CC1. The zero-order valence-corrected chi connectivity index (χ0v) is 16.2. The minimum atomic E-state index is 0.0154. The maximum atomic E-state index is 12.6. The number of hydrogen-bond donors (Lipinski definition) is 1. The molecule has 0 atom stereocenters. The van der Waals surface area contributed by atoms with Gasteiger partial charge in [0.2, 0.25) is 11.9 Å². The van der Waals surface area contributed by atoms with E-state index >= 15 is 0 Å². The van der Waals surface area contributed by atoms with Crippen LogP contribution in [0.15, 0.2) is 43.0 Å². The first-order valence-electron chi connectivity index (χ1n) is 9.60. The molecule has 144 valence electrons. The summed E-state index contributed by atoms with van der Waals surface area (Å²) in [5.41, 5.74) is 2.48. The topological polar surface area (TPSA) is 83.9 Å². The maximum absolute atomic E-state index is 12.6. The second-order valence-corrected chi connectivity index (χ2v) is 7.52. The number of fused-ring (bicyclic) bond motifs is 1. The third-order valence-electron chi connectivity index (χ3n) is 5.47. The van der Waals surface area contributed by atoms with Gasteiger partial charge in [-0.2, -0.15) is 0 Å². The molecule has 0 unspecified atom stereocenters. The fraction of sp³-hybridized carbons (Fsp3) is 0.381. The molecule has 1 fully saturated rings. The summed E-state index contributed by atoms with van der Waals surface area (Å²) < 4.78 is 0. The second kappa shape index (κ2) is 7.98. The predicted octanol–water partition coefficient (Wildman–Crippen LogP) is 3.15. The van der Waals surface area contributed by atoms with Gasteiger partial charge in [-0.05, 0) is 45.8 Å². The summed E-state index contributed by atoms with van der Waals surface area (Å²) in [5.74, 6) is 0.395. The molecule has 1 N–H and O–H groups in total. The van der Waals surface area contributed by atoms with Crippen molar-refractivity contribution in [3.8, 4) is 11.3 Å².